The minimum Gasteiger partial charge on any atom is -0.389 e. The van der Waals surface area contributed by atoms with Gasteiger partial charge in [0.15, 0.2) is 0 Å². The number of hydrogen-bond donors (Lipinski definition) is 2. The Morgan fingerprint density at radius 3 is 2.44 bits per heavy atom. The van der Waals surface area contributed by atoms with Crippen LogP contribution in [0.4, 0.5) is 0 Å². The highest BCUT2D eigenvalue weighted by molar-refractivity contribution is 7.83. The maximum Gasteiger partial charge on any atom is 0.335 e. The molecule has 0 rings (SSSR count). The first-order valence-corrected chi connectivity index (χ1v) is 6.78. The molecule has 0 aromatic heterocycles. The van der Waals surface area contributed by atoms with Crippen LogP contribution in [0.3, 0.4) is 0 Å². The van der Waals surface area contributed by atoms with Gasteiger partial charge in [0.05, 0.1) is 24.7 Å². The molecule has 0 aliphatic heterocycles. The van der Waals surface area contributed by atoms with E-state index in [1.54, 1.807) is 0 Å². The van der Waals surface area contributed by atoms with Gasteiger partial charge in [-0.2, -0.15) is 12.7 Å². The summed E-state index contributed by atoms with van der Waals surface area (Å²) in [4.78, 5) is 0. The minimum absolute atomic E-state index is 0.0834. The molecule has 0 aliphatic rings. The zero-order valence-electron chi connectivity index (χ0n) is 8.71. The van der Waals surface area contributed by atoms with Crippen LogP contribution < -0.4 is 0 Å². The Bertz CT molecular complexity index is 287. The second kappa shape index (κ2) is 7.65. The summed E-state index contributed by atoms with van der Waals surface area (Å²) in [6, 6.07) is 0. The molecular weight excluding hydrogens is 281 g/mol. The molecule has 0 unspecified atom stereocenters. The number of aliphatic hydroxyl groups excluding tert-OH is 1. The molecule has 2 N–H and O–H groups in total. The molecule has 6 nitrogen and oxygen atoms in total. The molecular formula is C7H15Cl2NO5S. The van der Waals surface area contributed by atoms with Gasteiger partial charge in [-0.1, -0.05) is 0 Å². The number of rotatable bonds is 8. The number of likely N-dealkylation sites (N-methyl/N-ethyl adjacent to an activating group) is 1. The first-order chi connectivity index (χ1) is 7.27. The smallest absolute Gasteiger partial charge is 0.335 e. The van der Waals surface area contributed by atoms with E-state index in [9.17, 15) is 13.5 Å². The fourth-order valence-corrected chi connectivity index (χ4v) is 1.36. The third-order valence-corrected chi connectivity index (χ3v) is 3.39. The van der Waals surface area contributed by atoms with E-state index in [4.69, 9.17) is 32.5 Å². The summed E-state index contributed by atoms with van der Waals surface area (Å²) in [6.07, 6.45) is -1.04. The third kappa shape index (κ3) is 7.61. The monoisotopic (exact) mass is 295 g/mol. The fraction of sp³-hybridized carbons (Fsp3) is 1.00. The first kappa shape index (κ1) is 16.4. The lowest BCUT2D eigenvalue weighted by Crippen LogP contribution is -2.36. The van der Waals surface area contributed by atoms with Crippen LogP contribution in [-0.4, -0.2) is 66.5 Å². The van der Waals surface area contributed by atoms with Crippen LogP contribution in [0.15, 0.2) is 0 Å². The van der Waals surface area contributed by atoms with Gasteiger partial charge in [0.1, 0.15) is 0 Å². The molecule has 0 amide bonds. The molecule has 9 heteroatoms. The van der Waals surface area contributed by atoms with Crippen LogP contribution in [0, 0.1) is 0 Å². The van der Waals surface area contributed by atoms with Gasteiger partial charge in [-0.15, -0.1) is 23.2 Å². The number of aliphatic hydroxyl groups is 1. The van der Waals surface area contributed by atoms with E-state index in [0.29, 0.717) is 4.31 Å². The van der Waals surface area contributed by atoms with Crippen molar-refractivity contribution in [2.24, 2.45) is 0 Å². The molecule has 0 spiro atoms. The zero-order valence-corrected chi connectivity index (χ0v) is 11.0. The SMILES string of the molecule is CN(C[C@H](O)COC[C@H](Cl)CCl)S(=O)(=O)O. The van der Waals surface area contributed by atoms with Crippen molar-refractivity contribution in [3.05, 3.63) is 0 Å². The summed E-state index contributed by atoms with van der Waals surface area (Å²) in [7, 11) is -3.13. The van der Waals surface area contributed by atoms with Crippen molar-refractivity contribution >= 4 is 33.5 Å². The van der Waals surface area contributed by atoms with Crippen molar-refractivity contribution in [1.29, 1.82) is 0 Å². The average Bonchev–Trinajstić information content (AvgIpc) is 2.15. The lowest BCUT2D eigenvalue weighted by molar-refractivity contribution is 0.0305. The molecule has 0 radical (unpaired) electrons. The normalized spacial score (nSPS) is 16.4. The Hall–Kier alpha value is 0.370. The molecule has 0 aromatic rings. The lowest BCUT2D eigenvalue weighted by Gasteiger charge is -2.17. The zero-order chi connectivity index (χ0) is 12.8. The summed E-state index contributed by atoms with van der Waals surface area (Å²) in [6.45, 7) is -0.176. The van der Waals surface area contributed by atoms with Crippen molar-refractivity contribution < 1.29 is 22.8 Å². The highest BCUT2D eigenvalue weighted by Crippen LogP contribution is 2.01. The predicted octanol–water partition coefficient (Wildman–Crippen LogP) is -0.0553. The van der Waals surface area contributed by atoms with Crippen molar-refractivity contribution in [3.63, 3.8) is 0 Å². The minimum atomic E-state index is -4.27. The standard InChI is InChI=1S/C7H15Cl2NO5S/c1-10(16(12,13)14)3-7(11)5-15-4-6(9)2-8/h6-7,11H,2-5H2,1H3,(H,12,13,14)/t6-,7+/m1/s1. The van der Waals surface area contributed by atoms with Gasteiger partial charge in [0, 0.05) is 19.5 Å². The van der Waals surface area contributed by atoms with E-state index in [1.807, 2.05) is 0 Å². The Morgan fingerprint density at radius 1 is 1.44 bits per heavy atom. The van der Waals surface area contributed by atoms with E-state index >= 15 is 0 Å². The van der Waals surface area contributed by atoms with Gasteiger partial charge in [0.25, 0.3) is 0 Å². The molecule has 0 aliphatic carbocycles. The van der Waals surface area contributed by atoms with E-state index in [2.05, 4.69) is 0 Å². The third-order valence-electron chi connectivity index (χ3n) is 1.64. The topological polar surface area (TPSA) is 87.1 Å². The second-order valence-electron chi connectivity index (χ2n) is 3.20. The lowest BCUT2D eigenvalue weighted by atomic mass is 10.4. The maximum atomic E-state index is 10.6. The van der Waals surface area contributed by atoms with Crippen LogP contribution in [-0.2, 0) is 15.0 Å². The average molecular weight is 296 g/mol. The van der Waals surface area contributed by atoms with E-state index < -0.39 is 16.4 Å². The summed E-state index contributed by atoms with van der Waals surface area (Å²) >= 11 is 11.1. The van der Waals surface area contributed by atoms with Gasteiger partial charge in [-0.3, -0.25) is 4.55 Å². The van der Waals surface area contributed by atoms with Crippen molar-refractivity contribution in [1.82, 2.24) is 4.31 Å². The predicted molar refractivity (Wildman–Crippen MR) is 61.4 cm³/mol. The van der Waals surface area contributed by atoms with Gasteiger partial charge in [-0.05, 0) is 0 Å². The molecule has 0 saturated heterocycles. The van der Waals surface area contributed by atoms with Crippen LogP contribution in [0.2, 0.25) is 0 Å². The highest BCUT2D eigenvalue weighted by atomic mass is 35.5. The van der Waals surface area contributed by atoms with E-state index in [0.717, 1.165) is 7.05 Å². The number of halogens is 2. The van der Waals surface area contributed by atoms with E-state index in [1.165, 1.54) is 0 Å². The quantitative estimate of drug-likeness (QED) is 0.484. The molecule has 0 aromatic carbocycles. The number of hydrogen-bond acceptors (Lipinski definition) is 4. The van der Waals surface area contributed by atoms with Crippen molar-refractivity contribution in [3.8, 4) is 0 Å². The van der Waals surface area contributed by atoms with Crippen LogP contribution in [0.1, 0.15) is 0 Å². The molecule has 16 heavy (non-hydrogen) atoms. The molecule has 2 atom stereocenters. The van der Waals surface area contributed by atoms with Crippen molar-refractivity contribution in [2.45, 2.75) is 11.5 Å². The largest absolute Gasteiger partial charge is 0.389 e. The summed E-state index contributed by atoms with van der Waals surface area (Å²) < 4.78 is 35.4. The van der Waals surface area contributed by atoms with Gasteiger partial charge >= 0.3 is 10.3 Å². The fourth-order valence-electron chi connectivity index (χ4n) is 0.820. The Morgan fingerprint density at radius 2 is 2.00 bits per heavy atom. The number of alkyl halides is 2. The summed E-state index contributed by atoms with van der Waals surface area (Å²) in [5.74, 6) is 0.225. The number of nitrogens with zero attached hydrogens (tertiary/aromatic N) is 1. The van der Waals surface area contributed by atoms with Gasteiger partial charge < -0.3 is 9.84 Å². The highest BCUT2D eigenvalue weighted by Gasteiger charge is 2.17. The van der Waals surface area contributed by atoms with Crippen molar-refractivity contribution in [2.75, 3.05) is 32.7 Å². The van der Waals surface area contributed by atoms with Crippen LogP contribution in [0.5, 0.6) is 0 Å². The molecule has 0 saturated carbocycles. The summed E-state index contributed by atoms with van der Waals surface area (Å²) in [5.41, 5.74) is 0. The second-order valence-corrected chi connectivity index (χ2v) is 5.65. The molecule has 0 heterocycles. The number of ether oxygens (including phenoxy) is 1. The maximum absolute atomic E-state index is 10.6. The Balaban J connectivity index is 3.79. The molecule has 0 fully saturated rings. The molecule has 98 valence electrons. The Labute approximate surface area is 105 Å². The van der Waals surface area contributed by atoms with Crippen LogP contribution >= 0.6 is 23.2 Å². The van der Waals surface area contributed by atoms with E-state index in [-0.39, 0.29) is 31.0 Å². The van der Waals surface area contributed by atoms with Crippen LogP contribution in [0.25, 0.3) is 0 Å². The first-order valence-electron chi connectivity index (χ1n) is 4.42. The van der Waals surface area contributed by atoms with Gasteiger partial charge in [0.2, 0.25) is 0 Å². The van der Waals surface area contributed by atoms with Gasteiger partial charge in [-0.25, -0.2) is 0 Å². The summed E-state index contributed by atoms with van der Waals surface area (Å²) in [5, 5.41) is 9.00. The Kier molecular flexibility index (Phi) is 7.83. The molecule has 0 bridgehead atoms.